The molecule has 1 heterocycles. The molecule has 0 spiro atoms. The van der Waals surface area contributed by atoms with Gasteiger partial charge in [-0.15, -0.1) is 0 Å². The second-order valence-corrected chi connectivity index (χ2v) is 6.97. The molecule has 0 aliphatic carbocycles. The third-order valence-corrected chi connectivity index (χ3v) is 4.81. The third kappa shape index (κ3) is 4.80. The van der Waals surface area contributed by atoms with Crippen molar-refractivity contribution in [1.82, 2.24) is 15.3 Å². The van der Waals surface area contributed by atoms with Gasteiger partial charge in [0, 0.05) is 22.9 Å². The van der Waals surface area contributed by atoms with Gasteiger partial charge in [-0.25, -0.2) is 4.98 Å². The smallest absolute Gasteiger partial charge is 0.251 e. The normalized spacial score (nSPS) is 10.5. The van der Waals surface area contributed by atoms with E-state index in [0.717, 1.165) is 16.4 Å². The van der Waals surface area contributed by atoms with E-state index in [1.807, 2.05) is 30.3 Å². The Morgan fingerprint density at radius 2 is 2.08 bits per heavy atom. The highest BCUT2D eigenvalue weighted by molar-refractivity contribution is 7.99. The maximum Gasteiger partial charge on any atom is 0.251 e. The molecule has 0 saturated heterocycles. The Kier molecular flexibility index (Phi) is 6.20. The van der Waals surface area contributed by atoms with E-state index in [9.17, 15) is 4.79 Å². The number of carbonyl (C=O) groups excluding carboxylic acids is 1. The van der Waals surface area contributed by atoms with E-state index in [0.29, 0.717) is 28.6 Å². The van der Waals surface area contributed by atoms with Gasteiger partial charge in [-0.2, -0.15) is 0 Å². The molecule has 1 aromatic heterocycles. The molecule has 7 heteroatoms. The van der Waals surface area contributed by atoms with Gasteiger partial charge in [-0.05, 0) is 35.9 Å². The summed E-state index contributed by atoms with van der Waals surface area (Å²) in [6, 6.07) is 14.7. The number of methoxy groups -OCH3 is 1. The zero-order valence-corrected chi connectivity index (χ0v) is 15.7. The molecule has 0 atom stereocenters. The first-order valence-corrected chi connectivity index (χ1v) is 9.38. The summed E-state index contributed by atoms with van der Waals surface area (Å²) >= 11 is 7.46. The van der Waals surface area contributed by atoms with Crippen molar-refractivity contribution >= 4 is 29.3 Å². The average Bonchev–Trinajstić information content (AvgIpc) is 3.14. The van der Waals surface area contributed by atoms with Crippen LogP contribution in [0.1, 0.15) is 10.4 Å². The first-order chi connectivity index (χ1) is 12.7. The van der Waals surface area contributed by atoms with Gasteiger partial charge in [0.2, 0.25) is 0 Å². The highest BCUT2D eigenvalue weighted by atomic mass is 35.5. The number of nitrogens with zero attached hydrogens (tertiary/aromatic N) is 1. The number of ether oxygens (including phenoxy) is 1. The van der Waals surface area contributed by atoms with Crippen molar-refractivity contribution in [3.05, 3.63) is 65.3 Å². The van der Waals surface area contributed by atoms with Gasteiger partial charge >= 0.3 is 0 Å². The molecule has 0 fully saturated rings. The van der Waals surface area contributed by atoms with Gasteiger partial charge in [0.25, 0.3) is 5.91 Å². The first-order valence-electron chi connectivity index (χ1n) is 8.02. The standard InChI is InChI=1S/C19H18ClN3O2S/c1-25-16-4-2-3-14(11-16)18(24)21-9-10-26-19-22-12-17(23-19)13-5-7-15(20)8-6-13/h2-8,11-12H,9-10H2,1H3,(H,21,24)(H,22,23). The van der Waals surface area contributed by atoms with E-state index < -0.39 is 0 Å². The summed E-state index contributed by atoms with van der Waals surface area (Å²) < 4.78 is 5.13. The Labute approximate surface area is 161 Å². The van der Waals surface area contributed by atoms with Crippen LogP contribution in [0.2, 0.25) is 5.02 Å². The highest BCUT2D eigenvalue weighted by Crippen LogP contribution is 2.22. The van der Waals surface area contributed by atoms with Crippen molar-refractivity contribution in [2.75, 3.05) is 19.4 Å². The molecule has 0 aliphatic rings. The van der Waals surface area contributed by atoms with Gasteiger partial charge in [0.1, 0.15) is 5.75 Å². The van der Waals surface area contributed by atoms with Crippen molar-refractivity contribution in [2.24, 2.45) is 0 Å². The molecule has 26 heavy (non-hydrogen) atoms. The summed E-state index contributed by atoms with van der Waals surface area (Å²) in [5.74, 6) is 1.26. The molecule has 0 bridgehead atoms. The number of thioether (sulfide) groups is 1. The Hall–Kier alpha value is -2.44. The lowest BCUT2D eigenvalue weighted by molar-refractivity contribution is 0.0956. The predicted molar refractivity (Wildman–Crippen MR) is 105 cm³/mol. The zero-order valence-electron chi connectivity index (χ0n) is 14.2. The van der Waals surface area contributed by atoms with Crippen LogP contribution in [0.3, 0.4) is 0 Å². The van der Waals surface area contributed by atoms with E-state index in [2.05, 4.69) is 15.3 Å². The number of carbonyl (C=O) groups is 1. The van der Waals surface area contributed by atoms with Crippen LogP contribution < -0.4 is 10.1 Å². The summed E-state index contributed by atoms with van der Waals surface area (Å²) in [7, 11) is 1.58. The van der Waals surface area contributed by atoms with E-state index in [1.54, 1.807) is 43.3 Å². The van der Waals surface area contributed by atoms with Crippen LogP contribution in [0.5, 0.6) is 5.75 Å². The maximum atomic E-state index is 12.1. The highest BCUT2D eigenvalue weighted by Gasteiger charge is 2.07. The Bertz CT molecular complexity index is 881. The average molecular weight is 388 g/mol. The number of nitrogens with one attached hydrogen (secondary N) is 2. The second-order valence-electron chi connectivity index (χ2n) is 5.45. The van der Waals surface area contributed by atoms with Gasteiger partial charge in [0.05, 0.1) is 19.0 Å². The van der Waals surface area contributed by atoms with Crippen LogP contribution in [0.25, 0.3) is 11.3 Å². The molecule has 0 aliphatic heterocycles. The monoisotopic (exact) mass is 387 g/mol. The lowest BCUT2D eigenvalue weighted by Crippen LogP contribution is -2.25. The largest absolute Gasteiger partial charge is 0.497 e. The van der Waals surface area contributed by atoms with Gasteiger partial charge in [-0.1, -0.05) is 41.6 Å². The van der Waals surface area contributed by atoms with E-state index in [1.165, 1.54) is 0 Å². The number of aromatic amines is 1. The molecular weight excluding hydrogens is 370 g/mol. The minimum Gasteiger partial charge on any atom is -0.497 e. The van der Waals surface area contributed by atoms with E-state index in [-0.39, 0.29) is 5.91 Å². The van der Waals surface area contributed by atoms with E-state index >= 15 is 0 Å². The van der Waals surface area contributed by atoms with Crippen molar-refractivity contribution in [1.29, 1.82) is 0 Å². The fourth-order valence-electron chi connectivity index (χ4n) is 2.33. The second kappa shape index (κ2) is 8.78. The van der Waals surface area contributed by atoms with Gasteiger partial charge < -0.3 is 15.0 Å². The quantitative estimate of drug-likeness (QED) is 0.469. The molecule has 0 radical (unpaired) electrons. The molecule has 3 rings (SSSR count). The third-order valence-electron chi connectivity index (χ3n) is 3.67. The lowest BCUT2D eigenvalue weighted by Gasteiger charge is -2.06. The molecule has 134 valence electrons. The van der Waals surface area contributed by atoms with Crippen molar-refractivity contribution in [2.45, 2.75) is 5.16 Å². The molecule has 0 unspecified atom stereocenters. The van der Waals surface area contributed by atoms with Crippen LogP contribution in [-0.2, 0) is 0 Å². The number of imidazole rings is 1. The van der Waals surface area contributed by atoms with Gasteiger partial charge in [-0.3, -0.25) is 4.79 Å². The zero-order chi connectivity index (χ0) is 18.4. The molecule has 0 saturated carbocycles. The molecule has 2 N–H and O–H groups in total. The van der Waals surface area contributed by atoms with E-state index in [4.69, 9.17) is 16.3 Å². The molecule has 3 aromatic rings. The van der Waals surface area contributed by atoms with Crippen LogP contribution >= 0.6 is 23.4 Å². The number of benzene rings is 2. The number of halogens is 1. The number of amides is 1. The lowest BCUT2D eigenvalue weighted by atomic mass is 10.2. The SMILES string of the molecule is COc1cccc(C(=O)NCCSc2ncc(-c3ccc(Cl)cc3)[nH]2)c1. The van der Waals surface area contributed by atoms with Crippen molar-refractivity contribution < 1.29 is 9.53 Å². The summed E-state index contributed by atoms with van der Waals surface area (Å²) in [5.41, 5.74) is 2.54. The first kappa shape index (κ1) is 18.4. The minimum atomic E-state index is -0.120. The minimum absolute atomic E-state index is 0.120. The number of hydrogen-bond donors (Lipinski definition) is 2. The summed E-state index contributed by atoms with van der Waals surface area (Å²) in [6.07, 6.45) is 1.79. The molecule has 5 nitrogen and oxygen atoms in total. The van der Waals surface area contributed by atoms with Crippen molar-refractivity contribution in [3.8, 4) is 17.0 Å². The Balaban J connectivity index is 1.48. The predicted octanol–water partition coefficient (Wildman–Crippen LogP) is 4.26. The van der Waals surface area contributed by atoms with Crippen molar-refractivity contribution in [3.63, 3.8) is 0 Å². The number of H-pyrrole nitrogens is 1. The molecule has 2 aromatic carbocycles. The van der Waals surface area contributed by atoms with Gasteiger partial charge in [0.15, 0.2) is 5.16 Å². The summed E-state index contributed by atoms with van der Waals surface area (Å²) in [5, 5.41) is 4.41. The topological polar surface area (TPSA) is 67.0 Å². The maximum absolute atomic E-state index is 12.1. The molecular formula is C19H18ClN3O2S. The number of aromatic nitrogens is 2. The van der Waals surface area contributed by atoms with Crippen LogP contribution in [0.15, 0.2) is 59.9 Å². The fraction of sp³-hybridized carbons (Fsp3) is 0.158. The Morgan fingerprint density at radius 3 is 2.85 bits per heavy atom. The summed E-state index contributed by atoms with van der Waals surface area (Å²) in [4.78, 5) is 19.8. The fourth-order valence-corrected chi connectivity index (χ4v) is 3.16. The van der Waals surface area contributed by atoms with Crippen LogP contribution in [0, 0.1) is 0 Å². The van der Waals surface area contributed by atoms with Crippen LogP contribution in [0.4, 0.5) is 0 Å². The summed E-state index contributed by atoms with van der Waals surface area (Å²) in [6.45, 7) is 0.539. The Morgan fingerprint density at radius 1 is 1.27 bits per heavy atom. The van der Waals surface area contributed by atoms with Crippen LogP contribution in [-0.4, -0.2) is 35.3 Å². The number of hydrogen-bond acceptors (Lipinski definition) is 4. The number of rotatable bonds is 7. The molecule has 1 amide bonds.